The number of anilines is 1. The lowest BCUT2D eigenvalue weighted by Crippen LogP contribution is -2.33. The summed E-state index contributed by atoms with van der Waals surface area (Å²) in [5.41, 5.74) is 1.55. The molecule has 2 N–H and O–H groups in total. The minimum Gasteiger partial charge on any atom is -0.495 e. The van der Waals surface area contributed by atoms with E-state index in [2.05, 4.69) is 10.6 Å². The molecule has 0 heterocycles. The van der Waals surface area contributed by atoms with Crippen molar-refractivity contribution in [1.82, 2.24) is 5.32 Å². The average molecular weight is 276 g/mol. The van der Waals surface area contributed by atoms with E-state index in [9.17, 15) is 9.59 Å². The van der Waals surface area contributed by atoms with Gasteiger partial charge in [0, 0.05) is 19.4 Å². The number of hydrogen-bond donors (Lipinski definition) is 2. The third-order valence-electron chi connectivity index (χ3n) is 3.52. The third kappa shape index (κ3) is 3.50. The Kier molecular flexibility index (Phi) is 4.61. The van der Waals surface area contributed by atoms with E-state index in [1.54, 1.807) is 13.2 Å². The molecule has 1 aromatic rings. The van der Waals surface area contributed by atoms with Gasteiger partial charge in [0.25, 0.3) is 0 Å². The van der Waals surface area contributed by atoms with Gasteiger partial charge in [-0.25, -0.2) is 0 Å². The van der Waals surface area contributed by atoms with Gasteiger partial charge < -0.3 is 15.4 Å². The summed E-state index contributed by atoms with van der Waals surface area (Å²) in [6, 6.07) is 5.49. The van der Waals surface area contributed by atoms with Gasteiger partial charge in [-0.05, 0) is 30.5 Å². The monoisotopic (exact) mass is 276 g/mol. The molecule has 0 aromatic heterocycles. The van der Waals surface area contributed by atoms with Crippen LogP contribution in [0.1, 0.15) is 31.7 Å². The van der Waals surface area contributed by atoms with Crippen LogP contribution in [-0.4, -0.2) is 18.9 Å². The number of amides is 2. The van der Waals surface area contributed by atoms with E-state index < -0.39 is 0 Å². The molecule has 1 aliphatic carbocycles. The van der Waals surface area contributed by atoms with Crippen LogP contribution in [0, 0.1) is 5.92 Å². The summed E-state index contributed by atoms with van der Waals surface area (Å²) in [5, 5.41) is 5.65. The molecule has 0 radical (unpaired) electrons. The van der Waals surface area contributed by atoms with E-state index in [-0.39, 0.29) is 17.7 Å². The minimum atomic E-state index is -0.154. The molecule has 2 amide bonds. The van der Waals surface area contributed by atoms with Crippen molar-refractivity contribution in [2.75, 3.05) is 12.4 Å². The molecule has 0 spiro atoms. The Morgan fingerprint density at radius 3 is 2.65 bits per heavy atom. The first-order valence-electron chi connectivity index (χ1n) is 6.82. The van der Waals surface area contributed by atoms with Crippen molar-refractivity contribution in [2.45, 2.75) is 32.7 Å². The van der Waals surface area contributed by atoms with Gasteiger partial charge in [-0.1, -0.05) is 12.5 Å². The molecule has 108 valence electrons. The smallest absolute Gasteiger partial charge is 0.223 e. The SMILES string of the molecule is COc1ccc(CNC(=O)C2CCC2)cc1NC(C)=O. The molecule has 5 nitrogen and oxygen atoms in total. The second-order valence-electron chi connectivity index (χ2n) is 5.06. The number of carbonyl (C=O) groups is 2. The van der Waals surface area contributed by atoms with Crippen LogP contribution in [0.25, 0.3) is 0 Å². The van der Waals surface area contributed by atoms with Crippen molar-refractivity contribution in [3.8, 4) is 5.75 Å². The second kappa shape index (κ2) is 6.41. The van der Waals surface area contributed by atoms with Crippen molar-refractivity contribution in [1.29, 1.82) is 0 Å². The Labute approximate surface area is 118 Å². The van der Waals surface area contributed by atoms with Gasteiger partial charge in [-0.3, -0.25) is 9.59 Å². The zero-order chi connectivity index (χ0) is 14.5. The molecule has 5 heteroatoms. The van der Waals surface area contributed by atoms with E-state index in [4.69, 9.17) is 4.74 Å². The molecule has 0 unspecified atom stereocenters. The predicted octanol–water partition coefficient (Wildman–Crippen LogP) is 2.07. The molecule has 1 saturated carbocycles. The van der Waals surface area contributed by atoms with E-state index in [1.165, 1.54) is 6.92 Å². The maximum absolute atomic E-state index is 11.8. The van der Waals surface area contributed by atoms with Crippen LogP contribution >= 0.6 is 0 Å². The van der Waals surface area contributed by atoms with E-state index in [0.717, 1.165) is 24.8 Å². The average Bonchev–Trinajstić information content (AvgIpc) is 2.34. The van der Waals surface area contributed by atoms with E-state index >= 15 is 0 Å². The highest BCUT2D eigenvalue weighted by molar-refractivity contribution is 5.90. The molecule has 20 heavy (non-hydrogen) atoms. The third-order valence-corrected chi connectivity index (χ3v) is 3.52. The quantitative estimate of drug-likeness (QED) is 0.865. The van der Waals surface area contributed by atoms with Crippen molar-refractivity contribution in [3.63, 3.8) is 0 Å². The van der Waals surface area contributed by atoms with E-state index in [0.29, 0.717) is 18.0 Å². The van der Waals surface area contributed by atoms with Gasteiger partial charge in [0.2, 0.25) is 11.8 Å². The topological polar surface area (TPSA) is 67.4 Å². The lowest BCUT2D eigenvalue weighted by Gasteiger charge is -2.24. The fourth-order valence-corrected chi connectivity index (χ4v) is 2.16. The number of carbonyl (C=O) groups excluding carboxylic acids is 2. The maximum atomic E-state index is 11.8. The standard InChI is InChI=1S/C15H20N2O3/c1-10(18)17-13-8-11(6-7-14(13)20-2)9-16-15(19)12-4-3-5-12/h6-8,12H,3-5,9H2,1-2H3,(H,16,19)(H,17,18). The number of benzene rings is 1. The van der Waals surface area contributed by atoms with Gasteiger partial charge >= 0.3 is 0 Å². The highest BCUT2D eigenvalue weighted by Gasteiger charge is 2.24. The Bertz CT molecular complexity index is 510. The van der Waals surface area contributed by atoms with Crippen LogP contribution in [0.3, 0.4) is 0 Å². The fourth-order valence-electron chi connectivity index (χ4n) is 2.16. The molecule has 0 bridgehead atoms. The summed E-state index contributed by atoms with van der Waals surface area (Å²) in [4.78, 5) is 22.9. The molecule has 1 aromatic carbocycles. The normalized spacial score (nSPS) is 14.3. The van der Waals surface area contributed by atoms with Crippen LogP contribution in [0.5, 0.6) is 5.75 Å². The zero-order valence-corrected chi connectivity index (χ0v) is 11.9. The van der Waals surface area contributed by atoms with Crippen LogP contribution < -0.4 is 15.4 Å². The van der Waals surface area contributed by atoms with Gasteiger partial charge in [0.05, 0.1) is 12.8 Å². The lowest BCUT2D eigenvalue weighted by molar-refractivity contribution is -0.127. The predicted molar refractivity (Wildman–Crippen MR) is 76.5 cm³/mol. The van der Waals surface area contributed by atoms with Crippen molar-refractivity contribution < 1.29 is 14.3 Å². The summed E-state index contributed by atoms with van der Waals surface area (Å²) in [6.45, 7) is 1.91. The number of ether oxygens (including phenoxy) is 1. The second-order valence-corrected chi connectivity index (χ2v) is 5.06. The van der Waals surface area contributed by atoms with Gasteiger partial charge in [0.1, 0.15) is 5.75 Å². The van der Waals surface area contributed by atoms with Crippen molar-refractivity contribution >= 4 is 17.5 Å². The van der Waals surface area contributed by atoms with Crippen molar-refractivity contribution in [3.05, 3.63) is 23.8 Å². The first-order valence-corrected chi connectivity index (χ1v) is 6.82. The summed E-state index contributed by atoms with van der Waals surface area (Å²) < 4.78 is 5.19. The lowest BCUT2D eigenvalue weighted by atomic mass is 9.85. The van der Waals surface area contributed by atoms with Crippen LogP contribution in [0.15, 0.2) is 18.2 Å². The Hall–Kier alpha value is -2.04. The molecule has 2 rings (SSSR count). The van der Waals surface area contributed by atoms with Gasteiger partial charge in [0.15, 0.2) is 0 Å². The Balaban J connectivity index is 2.00. The summed E-state index contributed by atoms with van der Waals surface area (Å²) in [6.07, 6.45) is 3.13. The van der Waals surface area contributed by atoms with Crippen LogP contribution in [-0.2, 0) is 16.1 Å². The van der Waals surface area contributed by atoms with Gasteiger partial charge in [-0.15, -0.1) is 0 Å². The van der Waals surface area contributed by atoms with Crippen LogP contribution in [0.2, 0.25) is 0 Å². The summed E-state index contributed by atoms with van der Waals surface area (Å²) in [5.74, 6) is 0.754. The highest BCUT2D eigenvalue weighted by Crippen LogP contribution is 2.27. The highest BCUT2D eigenvalue weighted by atomic mass is 16.5. The molecule has 1 aliphatic rings. The number of hydrogen-bond acceptors (Lipinski definition) is 3. The van der Waals surface area contributed by atoms with Gasteiger partial charge in [-0.2, -0.15) is 0 Å². The molecular weight excluding hydrogens is 256 g/mol. The summed E-state index contributed by atoms with van der Waals surface area (Å²) in [7, 11) is 1.55. The molecule has 0 saturated heterocycles. The fraction of sp³-hybridized carbons (Fsp3) is 0.467. The van der Waals surface area contributed by atoms with Crippen LogP contribution in [0.4, 0.5) is 5.69 Å². The number of nitrogens with one attached hydrogen (secondary N) is 2. The first kappa shape index (κ1) is 14.4. The molecule has 1 fully saturated rings. The maximum Gasteiger partial charge on any atom is 0.223 e. The molecule has 0 atom stereocenters. The minimum absolute atomic E-state index is 0.119. The Morgan fingerprint density at radius 2 is 2.10 bits per heavy atom. The molecule has 0 aliphatic heterocycles. The number of rotatable bonds is 5. The largest absolute Gasteiger partial charge is 0.495 e. The summed E-state index contributed by atoms with van der Waals surface area (Å²) >= 11 is 0. The Morgan fingerprint density at radius 1 is 1.35 bits per heavy atom. The van der Waals surface area contributed by atoms with Crippen molar-refractivity contribution in [2.24, 2.45) is 5.92 Å². The van der Waals surface area contributed by atoms with E-state index in [1.807, 2.05) is 12.1 Å². The number of methoxy groups -OCH3 is 1. The first-order chi connectivity index (χ1) is 9.60. The zero-order valence-electron chi connectivity index (χ0n) is 11.9. The molecular formula is C15H20N2O3.